The number of nitrogens with zero attached hydrogens (tertiary/aromatic N) is 4. The van der Waals surface area contributed by atoms with Gasteiger partial charge in [0.25, 0.3) is 0 Å². The van der Waals surface area contributed by atoms with Gasteiger partial charge in [-0.3, -0.25) is 0 Å². The summed E-state index contributed by atoms with van der Waals surface area (Å²) in [7, 11) is 4.15. The third kappa shape index (κ3) is 3.07. The van der Waals surface area contributed by atoms with Crippen molar-refractivity contribution < 1.29 is 0 Å². The number of fused-ring (bicyclic) bond motifs is 1. The number of unbranched alkanes of at least 4 members (excludes halogenated alkanes) is 1. The van der Waals surface area contributed by atoms with E-state index < -0.39 is 0 Å². The number of aromatic amines is 1. The molecule has 2 aromatic heterocycles. The van der Waals surface area contributed by atoms with Crippen LogP contribution in [-0.2, 0) is 0 Å². The molecule has 0 fully saturated rings. The SMILES string of the molecule is CN(C)CCCCNc1nc(N)nc2nc[nH]c12. The summed E-state index contributed by atoms with van der Waals surface area (Å²) in [5, 5.41) is 3.27. The van der Waals surface area contributed by atoms with E-state index in [2.05, 4.69) is 44.2 Å². The summed E-state index contributed by atoms with van der Waals surface area (Å²) in [6, 6.07) is 0. The molecule has 2 heterocycles. The topological polar surface area (TPSA) is 95.8 Å². The van der Waals surface area contributed by atoms with Crippen LogP contribution in [0.5, 0.6) is 0 Å². The molecule has 7 nitrogen and oxygen atoms in total. The third-order valence-corrected chi connectivity index (χ3v) is 2.63. The van der Waals surface area contributed by atoms with Crippen LogP contribution in [0.25, 0.3) is 11.2 Å². The van der Waals surface area contributed by atoms with Crippen LogP contribution < -0.4 is 11.1 Å². The zero-order valence-corrected chi connectivity index (χ0v) is 10.8. The maximum absolute atomic E-state index is 5.63. The molecule has 0 radical (unpaired) electrons. The van der Waals surface area contributed by atoms with Gasteiger partial charge in [-0.1, -0.05) is 0 Å². The van der Waals surface area contributed by atoms with Crippen molar-refractivity contribution in [1.82, 2.24) is 24.8 Å². The predicted octanol–water partition coefficient (Wildman–Crippen LogP) is 0.689. The summed E-state index contributed by atoms with van der Waals surface area (Å²) in [5.41, 5.74) is 7.03. The maximum Gasteiger partial charge on any atom is 0.224 e. The molecule has 2 aromatic rings. The summed E-state index contributed by atoms with van der Waals surface area (Å²) < 4.78 is 0. The Kier molecular flexibility index (Phi) is 3.93. The molecule has 0 saturated carbocycles. The smallest absolute Gasteiger partial charge is 0.224 e. The van der Waals surface area contributed by atoms with E-state index in [1.165, 1.54) is 0 Å². The van der Waals surface area contributed by atoms with E-state index >= 15 is 0 Å². The van der Waals surface area contributed by atoms with Gasteiger partial charge < -0.3 is 20.9 Å². The van der Waals surface area contributed by atoms with Gasteiger partial charge in [-0.15, -0.1) is 0 Å². The first-order valence-electron chi connectivity index (χ1n) is 6.02. The Labute approximate surface area is 106 Å². The summed E-state index contributed by atoms with van der Waals surface area (Å²) in [5.74, 6) is 0.963. The molecule has 2 rings (SSSR count). The normalized spacial score (nSPS) is 11.3. The van der Waals surface area contributed by atoms with Gasteiger partial charge in [0.15, 0.2) is 11.5 Å². The molecule has 0 aliphatic carbocycles. The fourth-order valence-electron chi connectivity index (χ4n) is 1.74. The van der Waals surface area contributed by atoms with E-state index in [-0.39, 0.29) is 5.95 Å². The molecule has 0 aliphatic heterocycles. The second-order valence-corrected chi connectivity index (χ2v) is 4.47. The van der Waals surface area contributed by atoms with Gasteiger partial charge >= 0.3 is 0 Å². The predicted molar refractivity (Wildman–Crippen MR) is 72.4 cm³/mol. The quantitative estimate of drug-likeness (QED) is 0.652. The number of anilines is 2. The average Bonchev–Trinajstić information content (AvgIpc) is 2.75. The van der Waals surface area contributed by atoms with Crippen LogP contribution in [0, 0.1) is 0 Å². The van der Waals surface area contributed by atoms with Crippen molar-refractivity contribution >= 4 is 22.9 Å². The lowest BCUT2D eigenvalue weighted by atomic mass is 10.3. The van der Waals surface area contributed by atoms with Crippen molar-refractivity contribution in [3.63, 3.8) is 0 Å². The Balaban J connectivity index is 1.93. The highest BCUT2D eigenvalue weighted by molar-refractivity contribution is 5.83. The fourth-order valence-corrected chi connectivity index (χ4v) is 1.74. The second-order valence-electron chi connectivity index (χ2n) is 4.47. The lowest BCUT2D eigenvalue weighted by Gasteiger charge is -2.10. The second kappa shape index (κ2) is 5.63. The van der Waals surface area contributed by atoms with Crippen LogP contribution in [0.1, 0.15) is 12.8 Å². The molecule has 0 aromatic carbocycles. The Morgan fingerprint density at radius 1 is 1.33 bits per heavy atom. The molecule has 98 valence electrons. The molecule has 0 amide bonds. The van der Waals surface area contributed by atoms with Crippen LogP contribution in [0.2, 0.25) is 0 Å². The molecule has 0 saturated heterocycles. The van der Waals surface area contributed by atoms with Crippen molar-refractivity contribution in [3.05, 3.63) is 6.33 Å². The highest BCUT2D eigenvalue weighted by atomic mass is 15.1. The first-order valence-corrected chi connectivity index (χ1v) is 6.02. The Morgan fingerprint density at radius 2 is 2.17 bits per heavy atom. The van der Waals surface area contributed by atoms with E-state index in [9.17, 15) is 0 Å². The van der Waals surface area contributed by atoms with Crippen molar-refractivity contribution in [1.29, 1.82) is 0 Å². The van der Waals surface area contributed by atoms with Crippen LogP contribution in [0.15, 0.2) is 6.33 Å². The minimum atomic E-state index is 0.241. The first kappa shape index (κ1) is 12.6. The summed E-state index contributed by atoms with van der Waals surface area (Å²) in [4.78, 5) is 17.5. The number of H-pyrrole nitrogens is 1. The molecule has 0 aliphatic rings. The van der Waals surface area contributed by atoms with E-state index in [1.54, 1.807) is 6.33 Å². The molecule has 0 spiro atoms. The number of nitrogens with two attached hydrogens (primary N) is 1. The van der Waals surface area contributed by atoms with Crippen molar-refractivity contribution in [2.24, 2.45) is 0 Å². The Bertz CT molecular complexity index is 505. The minimum Gasteiger partial charge on any atom is -0.368 e. The van der Waals surface area contributed by atoms with Crippen LogP contribution in [-0.4, -0.2) is 52.0 Å². The van der Waals surface area contributed by atoms with Gasteiger partial charge in [0.2, 0.25) is 5.95 Å². The molecular formula is C11H19N7. The number of aromatic nitrogens is 4. The van der Waals surface area contributed by atoms with Gasteiger partial charge in [0.05, 0.1) is 6.33 Å². The van der Waals surface area contributed by atoms with E-state index in [4.69, 9.17) is 5.73 Å². The maximum atomic E-state index is 5.63. The van der Waals surface area contributed by atoms with E-state index in [0.717, 1.165) is 37.3 Å². The van der Waals surface area contributed by atoms with Crippen molar-refractivity contribution in [2.75, 3.05) is 38.2 Å². The first-order chi connectivity index (χ1) is 8.66. The highest BCUT2D eigenvalue weighted by Crippen LogP contribution is 2.17. The van der Waals surface area contributed by atoms with Crippen LogP contribution in [0.4, 0.5) is 11.8 Å². The molecule has 0 atom stereocenters. The van der Waals surface area contributed by atoms with E-state index in [0.29, 0.717) is 5.65 Å². The molecule has 18 heavy (non-hydrogen) atoms. The summed E-state index contributed by atoms with van der Waals surface area (Å²) in [6.07, 6.45) is 3.82. The molecular weight excluding hydrogens is 230 g/mol. The average molecular weight is 249 g/mol. The van der Waals surface area contributed by atoms with Crippen LogP contribution in [0.3, 0.4) is 0 Å². The number of nitrogen functional groups attached to an aromatic ring is 1. The van der Waals surface area contributed by atoms with Gasteiger partial charge in [0.1, 0.15) is 5.52 Å². The van der Waals surface area contributed by atoms with Crippen molar-refractivity contribution in [3.8, 4) is 0 Å². The van der Waals surface area contributed by atoms with Gasteiger partial charge in [-0.25, -0.2) is 4.98 Å². The number of imidazole rings is 1. The van der Waals surface area contributed by atoms with Crippen LogP contribution >= 0.6 is 0 Å². The molecule has 7 heteroatoms. The van der Waals surface area contributed by atoms with E-state index in [1.807, 2.05) is 0 Å². The zero-order valence-electron chi connectivity index (χ0n) is 10.8. The minimum absolute atomic E-state index is 0.241. The Morgan fingerprint density at radius 3 is 2.94 bits per heavy atom. The largest absolute Gasteiger partial charge is 0.368 e. The number of hydrogen-bond donors (Lipinski definition) is 3. The number of hydrogen-bond acceptors (Lipinski definition) is 6. The number of nitrogens with one attached hydrogen (secondary N) is 2. The number of rotatable bonds is 6. The Hall–Kier alpha value is -1.89. The van der Waals surface area contributed by atoms with Crippen molar-refractivity contribution in [2.45, 2.75) is 12.8 Å². The lowest BCUT2D eigenvalue weighted by Crippen LogP contribution is -2.14. The highest BCUT2D eigenvalue weighted by Gasteiger charge is 2.07. The third-order valence-electron chi connectivity index (χ3n) is 2.63. The summed E-state index contributed by atoms with van der Waals surface area (Å²) >= 11 is 0. The molecule has 0 unspecified atom stereocenters. The lowest BCUT2D eigenvalue weighted by molar-refractivity contribution is 0.396. The zero-order chi connectivity index (χ0) is 13.0. The standard InChI is InChI=1S/C11H19N7/c1-18(2)6-4-3-5-13-9-8-10(15-7-14-8)17-11(12)16-9/h7H,3-6H2,1-2H3,(H4,12,13,14,15,16,17). The monoisotopic (exact) mass is 249 g/mol. The summed E-state index contributed by atoms with van der Waals surface area (Å²) in [6.45, 7) is 1.95. The van der Waals surface area contributed by atoms with Gasteiger partial charge in [-0.2, -0.15) is 9.97 Å². The van der Waals surface area contributed by atoms with Gasteiger partial charge in [0, 0.05) is 6.54 Å². The van der Waals surface area contributed by atoms with Gasteiger partial charge in [-0.05, 0) is 33.5 Å². The molecule has 0 bridgehead atoms. The molecule has 4 N–H and O–H groups in total. The fraction of sp³-hybridized carbons (Fsp3) is 0.545.